The zero-order chi connectivity index (χ0) is 82.5. The highest BCUT2D eigenvalue weighted by Gasteiger charge is 2.47. The largest absolute Gasteiger partial charge is 0.490 e. The summed E-state index contributed by atoms with van der Waals surface area (Å²) in [6, 6.07) is 9.22. The van der Waals surface area contributed by atoms with Crippen LogP contribution >= 0.6 is 45.1 Å². The maximum atomic E-state index is 13.2. The number of rotatable bonds is 45. The summed E-state index contributed by atoms with van der Waals surface area (Å²) < 4.78 is 159. The Morgan fingerprint density at radius 1 is 0.839 bits per heavy atom. The molecule has 112 heavy (non-hydrogen) atoms. The molecule has 0 saturated carbocycles. The number of nitrogens with one attached hydrogen (secondary N) is 4. The van der Waals surface area contributed by atoms with Crippen LogP contribution in [0.2, 0.25) is 0 Å². The minimum Gasteiger partial charge on any atom is -0.450 e. The minimum atomic E-state index is -5.81. The van der Waals surface area contributed by atoms with E-state index < -0.39 is 107 Å². The van der Waals surface area contributed by atoms with Gasteiger partial charge in [-0.1, -0.05) is 75.0 Å². The summed E-state index contributed by atoms with van der Waals surface area (Å²) in [5.41, 5.74) is 9.19. The van der Waals surface area contributed by atoms with Crippen molar-refractivity contribution in [2.45, 2.75) is 144 Å². The fourth-order valence-corrected chi connectivity index (χ4v) is 18.9. The maximum absolute atomic E-state index is 13.2. The van der Waals surface area contributed by atoms with E-state index in [1.807, 2.05) is 78.8 Å². The van der Waals surface area contributed by atoms with Crippen LogP contribution in [0.4, 0.5) is 26.9 Å². The zero-order valence-corrected chi connectivity index (χ0v) is 70.4. The van der Waals surface area contributed by atoms with Crippen LogP contribution in [-0.2, 0) is 117 Å². The van der Waals surface area contributed by atoms with E-state index in [9.17, 15) is 68.6 Å². The van der Waals surface area contributed by atoms with Crippen LogP contribution in [-0.4, -0.2) is 209 Å². The number of anilines is 2. The van der Waals surface area contributed by atoms with E-state index in [-0.39, 0.29) is 108 Å². The van der Waals surface area contributed by atoms with Crippen molar-refractivity contribution in [2.24, 2.45) is 0 Å². The number of aromatic amines is 1. The number of aromatic nitrogens is 3. The molecule has 45 heteroatoms. The summed E-state index contributed by atoms with van der Waals surface area (Å²) in [6.45, 7) is 16.5. The second-order valence-corrected chi connectivity index (χ2v) is 40.4. The number of carbonyl (C=O) groups is 3. The number of nitrogens with zero attached hydrogens (tertiary/aromatic N) is 4. The highest BCUT2D eigenvalue weighted by Crippen LogP contribution is 2.66. The molecule has 4 aromatic rings. The van der Waals surface area contributed by atoms with E-state index in [2.05, 4.69) is 55.9 Å². The fourth-order valence-electron chi connectivity index (χ4n) is 12.1. The van der Waals surface area contributed by atoms with Gasteiger partial charge < -0.3 is 83.9 Å². The van der Waals surface area contributed by atoms with Gasteiger partial charge in [-0.15, -0.1) is 0 Å². The lowest BCUT2D eigenvalue weighted by Crippen LogP contribution is -2.30. The second-order valence-electron chi connectivity index (χ2n) is 27.1. The van der Waals surface area contributed by atoms with Gasteiger partial charge in [0, 0.05) is 91.0 Å². The lowest BCUT2D eigenvalue weighted by Gasteiger charge is -2.25. The van der Waals surface area contributed by atoms with Crippen molar-refractivity contribution in [2.75, 3.05) is 114 Å². The Kier molecular flexibility index (Phi) is 34.9. The summed E-state index contributed by atoms with van der Waals surface area (Å²) in [4.78, 5) is 96.4. The molecule has 36 nitrogen and oxygen atoms in total. The Labute approximate surface area is 664 Å². The highest BCUT2D eigenvalue weighted by atomic mass is 33.1. The molecule has 3 amide bonds. The van der Waals surface area contributed by atoms with Gasteiger partial charge in [-0.25, -0.2) is 23.3 Å². The summed E-state index contributed by atoms with van der Waals surface area (Å²) in [5, 5.41) is 8.05. The van der Waals surface area contributed by atoms with Crippen molar-refractivity contribution >= 4 is 138 Å². The van der Waals surface area contributed by atoms with E-state index in [1.165, 1.54) is 45.8 Å². The molecule has 2 aromatic carbocycles. The Morgan fingerprint density at radius 2 is 1.50 bits per heavy atom. The van der Waals surface area contributed by atoms with E-state index >= 15 is 0 Å². The molecular formula is C67H97N9O27P3S6+. The number of unbranched alkanes of at least 4 members (excludes halogenated alkanes) is 3. The highest BCUT2D eigenvalue weighted by molar-refractivity contribution is 8.77. The van der Waals surface area contributed by atoms with Crippen LogP contribution < -0.4 is 32.1 Å². The molecule has 7 rings (SSSR count). The molecule has 6 atom stereocenters. The van der Waals surface area contributed by atoms with Crippen molar-refractivity contribution in [3.8, 4) is 11.8 Å². The van der Waals surface area contributed by atoms with E-state index in [4.69, 9.17) is 64.4 Å². The van der Waals surface area contributed by atoms with E-state index in [1.54, 1.807) is 29.2 Å². The van der Waals surface area contributed by atoms with Crippen LogP contribution in [0.5, 0.6) is 0 Å². The normalized spacial score (nSPS) is 18.7. The van der Waals surface area contributed by atoms with Gasteiger partial charge in [0.15, 0.2) is 11.4 Å². The van der Waals surface area contributed by atoms with Crippen LogP contribution in [0.15, 0.2) is 93.3 Å². The minimum absolute atomic E-state index is 0.00122. The number of hydrogen-bond acceptors (Lipinski definition) is 27. The molecule has 2 aromatic heterocycles. The zero-order valence-electron chi connectivity index (χ0n) is 62.8. The average Bonchev–Trinajstić information content (AvgIpc) is 1.60. The molecule has 622 valence electrons. The number of phosphoric ester groups is 1. The molecule has 12 N–H and O–H groups in total. The molecule has 1 saturated heterocycles. The molecule has 3 unspecified atom stereocenters. The first-order valence-corrected chi connectivity index (χ1v) is 47.6. The third-order valence-corrected chi connectivity index (χ3v) is 26.7. The standard InChI is InChI=1S/C67H96N9O27P3S6/c1-9-74-51-25-23-47(111(88,89)90)39-49(51)66(4,5)55(74)20-12-10-13-21-56-67(6,7)50-40-48(112(91,92)93)24-26-52(50)75(56)31-15-11-14-22-57(77)69-29-35-94-37-38-95-36-30-71-64(80)98-34-27-65(2,3)109-108-44-96-32-16-17-33-97-63(79)70-28-18-19-46-42-76(60-59(46)61(78)73-62(68)72-60)58-41-53(99-45-110(8)107)54(101-58)43-100-105(84,85)103-106(86,87)102-104(81,82)83/h10,12-13,20-21,23-26,39-40,42,53-54,58H,9,11,14-17,22,27-38,41,43-45H2,1-8H3,(H11-,68,69,70,71,72,73,77,78,79,80,81,82,83,84,85,86,87,88,89,90,91,92,93)/p+1/t53-,54+,58+,110?/m0/s1. The Bertz CT molecular complexity index is 4670. The van der Waals surface area contributed by atoms with Crippen molar-refractivity contribution in [1.82, 2.24) is 30.5 Å². The molecule has 3 aliphatic rings. The Morgan fingerprint density at radius 3 is 2.18 bits per heavy atom. The number of amides is 3. The van der Waals surface area contributed by atoms with Crippen LogP contribution in [0.3, 0.4) is 0 Å². The SMILES string of the molecule is CCN1\C(=C/C=C/C=C/C2=[N+](CCCCCC(=O)NCCOCCOCCNC(=O)OCCC(C)(C)SSCOCCCCOC(=O)NCC#Cc3cn([C@H]4C[C@H](OCS(C)=S)[C@@H](COP(=O)(O)OP(=O)(O)OP(=O)(O)O)O4)c4nc(N)[nH]c(=O)c34)c3ccc(S(=O)(=O)O)cc3C2(C)C)C(C)(C)c2cc(S(=O)(=O)O)ccc21. The smallest absolute Gasteiger partial charge is 0.450 e. The molecule has 1 fully saturated rings. The molecule has 0 radical (unpaired) electrons. The number of benzene rings is 2. The topological polar surface area (TPSA) is 503 Å². The monoisotopic (exact) mass is 1740 g/mol. The number of nitrogen functional groups attached to an aromatic ring is 1. The number of alkyl carbamates (subject to hydrolysis) is 2. The third-order valence-electron chi connectivity index (χ3n) is 17.4. The quantitative estimate of drug-likeness (QED) is 0.00290. The number of allylic oxidation sites excluding steroid dienone is 6. The van der Waals surface area contributed by atoms with Gasteiger partial charge in [0.25, 0.3) is 25.8 Å². The van der Waals surface area contributed by atoms with Crippen LogP contribution in [0.1, 0.15) is 123 Å². The molecular weight excluding hydrogens is 1650 g/mol. The van der Waals surface area contributed by atoms with E-state index in [0.29, 0.717) is 64.3 Å². The lowest BCUT2D eigenvalue weighted by atomic mass is 9.81. The molecule has 5 heterocycles. The number of fused-ring (bicyclic) bond motifs is 3. The van der Waals surface area contributed by atoms with Gasteiger partial charge >= 0.3 is 35.7 Å². The van der Waals surface area contributed by atoms with Crippen LogP contribution in [0.25, 0.3) is 11.0 Å². The summed E-state index contributed by atoms with van der Waals surface area (Å²) >= 11 is 5.22. The summed E-state index contributed by atoms with van der Waals surface area (Å²) in [6.07, 6.45) is 12.4. The Hall–Kier alpha value is -5.78. The van der Waals surface area contributed by atoms with Gasteiger partial charge in [0.2, 0.25) is 17.5 Å². The molecule has 0 aliphatic carbocycles. The molecule has 0 bridgehead atoms. The first kappa shape index (κ1) is 93.4. The first-order valence-electron chi connectivity index (χ1n) is 35.1. The number of hydrogen-bond donors (Lipinski definition) is 11. The lowest BCUT2D eigenvalue weighted by molar-refractivity contribution is -0.438. The average molecular weight is 1750 g/mol. The van der Waals surface area contributed by atoms with Gasteiger partial charge in [0.1, 0.15) is 24.8 Å². The van der Waals surface area contributed by atoms with Gasteiger partial charge in [-0.2, -0.15) is 35.0 Å². The summed E-state index contributed by atoms with van der Waals surface area (Å²) in [7, 11) is -23.4. The first-order chi connectivity index (χ1) is 52.5. The number of H-pyrrole nitrogens is 1. The molecule has 0 spiro atoms. The number of carbonyl (C=O) groups excluding carboxylic acids is 3. The maximum Gasteiger partial charge on any atom is 0.490 e. The van der Waals surface area contributed by atoms with Gasteiger partial charge in [-0.05, 0) is 126 Å². The summed E-state index contributed by atoms with van der Waals surface area (Å²) in [5.74, 6) is 5.61. The van der Waals surface area contributed by atoms with Crippen molar-refractivity contribution in [3.05, 3.63) is 106 Å². The van der Waals surface area contributed by atoms with E-state index in [0.717, 1.165) is 46.8 Å². The van der Waals surface area contributed by atoms with Gasteiger partial charge in [0.05, 0.1) is 91.0 Å². The van der Waals surface area contributed by atoms with Crippen molar-refractivity contribution in [1.29, 1.82) is 0 Å². The molecule has 3 aliphatic heterocycles. The number of ether oxygens (including phenoxy) is 7. The second kappa shape index (κ2) is 41.9. The fraction of sp³-hybridized carbons (Fsp3) is 0.552. The predicted molar refractivity (Wildman–Crippen MR) is 424 cm³/mol. The van der Waals surface area contributed by atoms with Gasteiger partial charge in [-0.3, -0.25) is 28.2 Å². The Balaban J connectivity index is 0.701. The van der Waals surface area contributed by atoms with Crippen molar-refractivity contribution < 1.29 is 124 Å². The number of likely N-dealkylation sites (N-methyl/N-ethyl adjacent to an activating group) is 1. The van der Waals surface area contributed by atoms with Crippen molar-refractivity contribution in [3.63, 3.8) is 0 Å². The van der Waals surface area contributed by atoms with Crippen LogP contribution in [0, 0.1) is 11.8 Å². The number of nitrogens with two attached hydrogens (primary N) is 1. The third kappa shape index (κ3) is 28.5. The number of phosphoric acid groups is 3. The predicted octanol–water partition coefficient (Wildman–Crippen LogP) is 8.19.